The standard InChI is InChI=1S/C25H29F3N8O/c1-17-14-18(2)36(32-17)23-8-7-22(30-31-23)35-9-3-4-19(16-35)24(37)34-12-10-33(11-13-34)21-6-5-20(15-29-21)25(26,27)28/h5-8,14-15,19H,3-4,9-13,16H2,1-2H3. The molecule has 1 amide bonds. The van der Waals surface area contributed by atoms with Crippen molar-refractivity contribution in [2.75, 3.05) is 49.1 Å². The quantitative estimate of drug-likeness (QED) is 0.529. The number of halogens is 3. The molecule has 9 nitrogen and oxygen atoms in total. The van der Waals surface area contributed by atoms with Crippen molar-refractivity contribution in [1.82, 2.24) is 29.9 Å². The first-order valence-corrected chi connectivity index (χ1v) is 12.4. The van der Waals surface area contributed by atoms with Gasteiger partial charge in [-0.1, -0.05) is 0 Å². The van der Waals surface area contributed by atoms with Crippen LogP contribution in [0, 0.1) is 19.8 Å². The van der Waals surface area contributed by atoms with Crippen LogP contribution in [0.25, 0.3) is 5.82 Å². The maximum Gasteiger partial charge on any atom is 0.417 e. The lowest BCUT2D eigenvalue weighted by Gasteiger charge is -2.39. The lowest BCUT2D eigenvalue weighted by molar-refractivity contribution is -0.138. The Morgan fingerprint density at radius 3 is 2.22 bits per heavy atom. The summed E-state index contributed by atoms with van der Waals surface area (Å²) in [6.45, 7) is 7.36. The van der Waals surface area contributed by atoms with Crippen LogP contribution in [0.15, 0.2) is 36.5 Å². The number of aromatic nitrogens is 5. The lowest BCUT2D eigenvalue weighted by atomic mass is 9.96. The monoisotopic (exact) mass is 514 g/mol. The summed E-state index contributed by atoms with van der Waals surface area (Å²) in [6, 6.07) is 8.23. The van der Waals surface area contributed by atoms with Gasteiger partial charge >= 0.3 is 6.18 Å². The fourth-order valence-corrected chi connectivity index (χ4v) is 5.00. The first-order valence-electron chi connectivity index (χ1n) is 12.4. The van der Waals surface area contributed by atoms with Crippen LogP contribution in [0.5, 0.6) is 0 Å². The number of carbonyl (C=O) groups is 1. The van der Waals surface area contributed by atoms with E-state index in [-0.39, 0.29) is 11.8 Å². The minimum Gasteiger partial charge on any atom is -0.354 e. The summed E-state index contributed by atoms with van der Waals surface area (Å²) in [5.41, 5.74) is 1.13. The molecule has 0 aliphatic carbocycles. The van der Waals surface area contributed by atoms with Crippen molar-refractivity contribution in [3.05, 3.63) is 53.5 Å². The molecular formula is C25H29F3N8O. The highest BCUT2D eigenvalue weighted by Crippen LogP contribution is 2.30. The highest BCUT2D eigenvalue weighted by atomic mass is 19.4. The van der Waals surface area contributed by atoms with Gasteiger partial charge in [0, 0.05) is 51.2 Å². The number of hydrogen-bond donors (Lipinski definition) is 0. The van der Waals surface area contributed by atoms with Crippen molar-refractivity contribution in [3.63, 3.8) is 0 Å². The molecule has 0 aromatic carbocycles. The topological polar surface area (TPSA) is 83.3 Å². The zero-order valence-corrected chi connectivity index (χ0v) is 20.8. The predicted molar refractivity (Wildman–Crippen MR) is 132 cm³/mol. The van der Waals surface area contributed by atoms with E-state index in [1.54, 1.807) is 4.68 Å². The van der Waals surface area contributed by atoms with Crippen LogP contribution in [0.4, 0.5) is 24.8 Å². The molecule has 5 heterocycles. The SMILES string of the molecule is Cc1cc(C)n(-c2ccc(N3CCCC(C(=O)N4CCN(c5ccc(C(F)(F)F)cn5)CC4)C3)nn2)n1. The van der Waals surface area contributed by atoms with Gasteiger partial charge in [0.2, 0.25) is 5.91 Å². The molecule has 0 bridgehead atoms. The summed E-state index contributed by atoms with van der Waals surface area (Å²) < 4.78 is 40.2. The van der Waals surface area contributed by atoms with E-state index in [4.69, 9.17) is 0 Å². The molecular weight excluding hydrogens is 485 g/mol. The third-order valence-electron chi connectivity index (χ3n) is 6.95. The molecule has 37 heavy (non-hydrogen) atoms. The number of pyridine rings is 1. The van der Waals surface area contributed by atoms with Gasteiger partial charge < -0.3 is 14.7 Å². The molecule has 2 saturated heterocycles. The van der Waals surface area contributed by atoms with Gasteiger partial charge in [-0.05, 0) is 57.0 Å². The summed E-state index contributed by atoms with van der Waals surface area (Å²) in [4.78, 5) is 23.2. The Kier molecular flexibility index (Phi) is 6.74. The maximum atomic E-state index is 13.3. The van der Waals surface area contributed by atoms with Gasteiger partial charge in [-0.3, -0.25) is 4.79 Å². The van der Waals surface area contributed by atoms with Crippen molar-refractivity contribution in [2.45, 2.75) is 32.9 Å². The molecule has 1 unspecified atom stereocenters. The summed E-state index contributed by atoms with van der Waals surface area (Å²) in [5.74, 6) is 1.85. The zero-order valence-electron chi connectivity index (χ0n) is 20.8. The van der Waals surface area contributed by atoms with Gasteiger partial charge in [-0.15, -0.1) is 10.2 Å². The summed E-state index contributed by atoms with van der Waals surface area (Å²) in [6.07, 6.45) is -1.85. The van der Waals surface area contributed by atoms with E-state index < -0.39 is 11.7 Å². The highest BCUT2D eigenvalue weighted by molar-refractivity contribution is 5.80. The number of nitrogens with zero attached hydrogens (tertiary/aromatic N) is 8. The van der Waals surface area contributed by atoms with E-state index in [0.717, 1.165) is 48.9 Å². The van der Waals surface area contributed by atoms with Crippen molar-refractivity contribution >= 4 is 17.5 Å². The minimum absolute atomic E-state index is 0.108. The van der Waals surface area contributed by atoms with Crippen LogP contribution in [0.2, 0.25) is 0 Å². The molecule has 196 valence electrons. The average Bonchev–Trinajstić information content (AvgIpc) is 3.25. The van der Waals surface area contributed by atoms with Crippen LogP contribution in [0.1, 0.15) is 29.8 Å². The summed E-state index contributed by atoms with van der Waals surface area (Å²) in [7, 11) is 0. The number of hydrogen-bond acceptors (Lipinski definition) is 7. The Hall–Kier alpha value is -3.70. The number of aryl methyl sites for hydroxylation is 2. The van der Waals surface area contributed by atoms with Crippen molar-refractivity contribution < 1.29 is 18.0 Å². The van der Waals surface area contributed by atoms with E-state index in [0.29, 0.717) is 44.4 Å². The number of piperidine rings is 1. The van der Waals surface area contributed by atoms with E-state index in [1.807, 2.05) is 41.8 Å². The van der Waals surface area contributed by atoms with Crippen LogP contribution in [0.3, 0.4) is 0 Å². The molecule has 2 fully saturated rings. The first-order chi connectivity index (χ1) is 17.7. The Labute approximate surface area is 212 Å². The Bertz CT molecular complexity index is 1230. The van der Waals surface area contributed by atoms with Crippen molar-refractivity contribution in [2.24, 2.45) is 5.92 Å². The number of anilines is 2. The van der Waals surface area contributed by atoms with Gasteiger partial charge in [0.1, 0.15) is 5.82 Å². The second-order valence-electron chi connectivity index (χ2n) is 9.59. The van der Waals surface area contributed by atoms with Gasteiger partial charge in [-0.25, -0.2) is 9.67 Å². The Morgan fingerprint density at radius 2 is 1.62 bits per heavy atom. The number of carbonyl (C=O) groups excluding carboxylic acids is 1. The number of amides is 1. The van der Waals surface area contributed by atoms with Crippen LogP contribution >= 0.6 is 0 Å². The second-order valence-corrected chi connectivity index (χ2v) is 9.59. The van der Waals surface area contributed by atoms with Crippen LogP contribution < -0.4 is 9.80 Å². The van der Waals surface area contributed by atoms with E-state index in [1.165, 1.54) is 6.07 Å². The average molecular weight is 515 g/mol. The fraction of sp³-hybridized carbons (Fsp3) is 0.480. The van der Waals surface area contributed by atoms with Gasteiger partial charge in [0.25, 0.3) is 0 Å². The largest absolute Gasteiger partial charge is 0.417 e. The molecule has 3 aromatic rings. The molecule has 0 radical (unpaired) electrons. The molecule has 12 heteroatoms. The zero-order chi connectivity index (χ0) is 26.2. The van der Waals surface area contributed by atoms with Gasteiger partial charge in [0.15, 0.2) is 11.6 Å². The van der Waals surface area contributed by atoms with E-state index >= 15 is 0 Å². The molecule has 0 N–H and O–H groups in total. The molecule has 2 aliphatic rings. The third-order valence-corrected chi connectivity index (χ3v) is 6.95. The Balaban J connectivity index is 1.17. The lowest BCUT2D eigenvalue weighted by Crippen LogP contribution is -2.52. The van der Waals surface area contributed by atoms with E-state index in [9.17, 15) is 18.0 Å². The smallest absolute Gasteiger partial charge is 0.354 e. The van der Waals surface area contributed by atoms with Gasteiger partial charge in [0.05, 0.1) is 17.2 Å². The molecule has 5 rings (SSSR count). The van der Waals surface area contributed by atoms with Crippen molar-refractivity contribution in [3.8, 4) is 5.82 Å². The summed E-state index contributed by atoms with van der Waals surface area (Å²) >= 11 is 0. The molecule has 0 spiro atoms. The fourth-order valence-electron chi connectivity index (χ4n) is 5.00. The van der Waals surface area contributed by atoms with E-state index in [2.05, 4.69) is 25.2 Å². The highest BCUT2D eigenvalue weighted by Gasteiger charge is 2.33. The molecule has 2 aliphatic heterocycles. The summed E-state index contributed by atoms with van der Waals surface area (Å²) in [5, 5.41) is 13.2. The Morgan fingerprint density at radius 1 is 0.919 bits per heavy atom. The predicted octanol–water partition coefficient (Wildman–Crippen LogP) is 3.26. The normalized spacial score (nSPS) is 18.8. The first kappa shape index (κ1) is 25.0. The third kappa shape index (κ3) is 5.37. The molecule has 0 saturated carbocycles. The van der Waals surface area contributed by atoms with Crippen LogP contribution in [-0.2, 0) is 11.0 Å². The number of alkyl halides is 3. The minimum atomic E-state index is -4.41. The molecule has 1 atom stereocenters. The van der Waals surface area contributed by atoms with Gasteiger partial charge in [-0.2, -0.15) is 18.3 Å². The second kappa shape index (κ2) is 9.98. The van der Waals surface area contributed by atoms with Crippen LogP contribution in [-0.4, -0.2) is 75.0 Å². The maximum absolute atomic E-state index is 13.3. The van der Waals surface area contributed by atoms with Crippen molar-refractivity contribution in [1.29, 1.82) is 0 Å². The number of piperazine rings is 1. The number of rotatable bonds is 4. The molecule has 3 aromatic heterocycles.